The van der Waals surface area contributed by atoms with E-state index in [4.69, 9.17) is 4.74 Å². The summed E-state index contributed by atoms with van der Waals surface area (Å²) in [6, 6.07) is 1.76. The van der Waals surface area contributed by atoms with E-state index in [1.807, 2.05) is 13.8 Å². The van der Waals surface area contributed by atoms with Gasteiger partial charge in [0.25, 0.3) is 0 Å². The van der Waals surface area contributed by atoms with Gasteiger partial charge in [0.15, 0.2) is 0 Å². The molecule has 0 bridgehead atoms. The van der Waals surface area contributed by atoms with E-state index in [1.165, 1.54) is 11.3 Å². The molecule has 2 heterocycles. The van der Waals surface area contributed by atoms with Gasteiger partial charge in [0, 0.05) is 11.4 Å². The summed E-state index contributed by atoms with van der Waals surface area (Å²) in [5.74, 6) is -0.434. The number of carbonyl (C=O) groups is 2. The molecule has 1 aromatic rings. The van der Waals surface area contributed by atoms with Crippen LogP contribution >= 0.6 is 11.3 Å². The fraction of sp³-hybridized carbons (Fsp3) is 0.571. The molecular weight excluding hydrogens is 276 g/mol. The maximum Gasteiger partial charge on any atom is 0.341 e. The van der Waals surface area contributed by atoms with Crippen LogP contribution < -0.4 is 10.6 Å². The normalized spacial score (nSPS) is 21.8. The Morgan fingerprint density at radius 1 is 1.55 bits per heavy atom. The molecule has 1 amide bonds. The van der Waals surface area contributed by atoms with Crippen molar-refractivity contribution in [3.8, 4) is 0 Å². The topological polar surface area (TPSA) is 67.4 Å². The van der Waals surface area contributed by atoms with Gasteiger partial charge in [-0.25, -0.2) is 4.79 Å². The average Bonchev–Trinajstić information content (AvgIpc) is 2.97. The number of anilines is 1. The van der Waals surface area contributed by atoms with Crippen molar-refractivity contribution in [1.82, 2.24) is 5.32 Å². The number of esters is 1. The molecule has 0 aliphatic carbocycles. The standard InChI is InChI=1S/C14H20N2O3S/c1-4-19-12(17)10-7-9(2)20-11(10)16-13(18)14(3)5-6-15-8-14/h7,15H,4-6,8H2,1-3H3,(H,16,18). The van der Waals surface area contributed by atoms with Gasteiger partial charge < -0.3 is 15.4 Å². The summed E-state index contributed by atoms with van der Waals surface area (Å²) in [5, 5.41) is 6.67. The Balaban J connectivity index is 2.16. The van der Waals surface area contributed by atoms with Crippen LogP contribution in [0, 0.1) is 12.3 Å². The molecule has 1 aliphatic heterocycles. The molecule has 1 aromatic heterocycles. The zero-order chi connectivity index (χ0) is 14.8. The third-order valence-corrected chi connectivity index (χ3v) is 4.46. The maximum absolute atomic E-state index is 12.4. The second-order valence-electron chi connectivity index (χ2n) is 5.26. The molecule has 1 fully saturated rings. The number of amides is 1. The van der Waals surface area contributed by atoms with Crippen LogP contribution in [0.1, 0.15) is 35.5 Å². The van der Waals surface area contributed by atoms with Gasteiger partial charge in [0.1, 0.15) is 5.00 Å². The van der Waals surface area contributed by atoms with Gasteiger partial charge in [-0.15, -0.1) is 11.3 Å². The Labute approximate surface area is 122 Å². The highest BCUT2D eigenvalue weighted by atomic mass is 32.1. The quantitative estimate of drug-likeness (QED) is 0.836. The summed E-state index contributed by atoms with van der Waals surface area (Å²) >= 11 is 1.40. The van der Waals surface area contributed by atoms with Crippen LogP contribution in [0.4, 0.5) is 5.00 Å². The molecule has 1 unspecified atom stereocenters. The van der Waals surface area contributed by atoms with E-state index >= 15 is 0 Å². The van der Waals surface area contributed by atoms with Crippen LogP contribution in [0.2, 0.25) is 0 Å². The highest BCUT2D eigenvalue weighted by Crippen LogP contribution is 2.32. The van der Waals surface area contributed by atoms with E-state index < -0.39 is 5.41 Å². The van der Waals surface area contributed by atoms with Crippen LogP contribution in [0.5, 0.6) is 0 Å². The van der Waals surface area contributed by atoms with E-state index in [0.29, 0.717) is 23.7 Å². The first-order valence-corrected chi connectivity index (χ1v) is 7.57. The molecule has 1 atom stereocenters. The van der Waals surface area contributed by atoms with E-state index in [2.05, 4.69) is 10.6 Å². The fourth-order valence-corrected chi connectivity index (χ4v) is 3.13. The van der Waals surface area contributed by atoms with E-state index in [0.717, 1.165) is 17.8 Å². The Hall–Kier alpha value is -1.40. The van der Waals surface area contributed by atoms with Crippen molar-refractivity contribution in [2.45, 2.75) is 27.2 Å². The maximum atomic E-state index is 12.4. The summed E-state index contributed by atoms with van der Waals surface area (Å²) in [7, 11) is 0. The summed E-state index contributed by atoms with van der Waals surface area (Å²) in [4.78, 5) is 25.2. The van der Waals surface area contributed by atoms with Crippen molar-refractivity contribution in [2.24, 2.45) is 5.41 Å². The molecule has 0 radical (unpaired) electrons. The monoisotopic (exact) mass is 296 g/mol. The van der Waals surface area contributed by atoms with Gasteiger partial charge in [0.2, 0.25) is 5.91 Å². The molecule has 5 nitrogen and oxygen atoms in total. The van der Waals surface area contributed by atoms with Crippen LogP contribution in [-0.2, 0) is 9.53 Å². The number of nitrogens with one attached hydrogen (secondary N) is 2. The molecule has 110 valence electrons. The van der Waals surface area contributed by atoms with Gasteiger partial charge in [-0.1, -0.05) is 0 Å². The van der Waals surface area contributed by atoms with Crippen LogP contribution in [0.3, 0.4) is 0 Å². The zero-order valence-corrected chi connectivity index (χ0v) is 12.9. The van der Waals surface area contributed by atoms with Gasteiger partial charge in [-0.05, 0) is 39.8 Å². The molecule has 6 heteroatoms. The summed E-state index contributed by atoms with van der Waals surface area (Å²) in [5.41, 5.74) is 0.0290. The van der Waals surface area contributed by atoms with Crippen molar-refractivity contribution in [1.29, 1.82) is 0 Å². The smallest absolute Gasteiger partial charge is 0.341 e. The molecule has 0 aromatic carbocycles. The molecule has 2 rings (SSSR count). The Morgan fingerprint density at radius 3 is 2.90 bits per heavy atom. The van der Waals surface area contributed by atoms with Gasteiger partial charge in [-0.2, -0.15) is 0 Å². The summed E-state index contributed by atoms with van der Waals surface area (Å²) < 4.78 is 5.02. The number of ether oxygens (including phenoxy) is 1. The van der Waals surface area contributed by atoms with Crippen LogP contribution in [0.25, 0.3) is 0 Å². The minimum atomic E-state index is -0.413. The molecular formula is C14H20N2O3S. The van der Waals surface area contributed by atoms with E-state index in [9.17, 15) is 9.59 Å². The van der Waals surface area contributed by atoms with Crippen molar-refractivity contribution in [3.05, 3.63) is 16.5 Å². The molecule has 20 heavy (non-hydrogen) atoms. The molecule has 0 saturated carbocycles. The predicted molar refractivity (Wildman–Crippen MR) is 79.2 cm³/mol. The third-order valence-electron chi connectivity index (χ3n) is 3.49. The second-order valence-corrected chi connectivity index (χ2v) is 6.52. The Kier molecular flexibility index (Phi) is 4.45. The number of hydrogen-bond donors (Lipinski definition) is 2. The SMILES string of the molecule is CCOC(=O)c1cc(C)sc1NC(=O)C1(C)CCNC1. The van der Waals surface area contributed by atoms with Crippen molar-refractivity contribution < 1.29 is 14.3 Å². The highest BCUT2D eigenvalue weighted by molar-refractivity contribution is 7.16. The fourth-order valence-electron chi connectivity index (χ4n) is 2.23. The first-order valence-electron chi connectivity index (χ1n) is 6.76. The van der Waals surface area contributed by atoms with E-state index in [-0.39, 0.29) is 11.9 Å². The number of hydrogen-bond acceptors (Lipinski definition) is 5. The van der Waals surface area contributed by atoms with Gasteiger partial charge in [-0.3, -0.25) is 4.79 Å². The highest BCUT2D eigenvalue weighted by Gasteiger charge is 2.37. The number of aryl methyl sites for hydroxylation is 1. The van der Waals surface area contributed by atoms with Crippen molar-refractivity contribution >= 4 is 28.2 Å². The second kappa shape index (κ2) is 5.93. The first kappa shape index (κ1) is 15.0. The molecule has 2 N–H and O–H groups in total. The number of carbonyl (C=O) groups excluding carboxylic acids is 2. The number of rotatable bonds is 4. The minimum Gasteiger partial charge on any atom is -0.462 e. The zero-order valence-electron chi connectivity index (χ0n) is 12.0. The Bertz CT molecular complexity index is 518. The first-order chi connectivity index (χ1) is 9.46. The average molecular weight is 296 g/mol. The predicted octanol–water partition coefficient (Wildman–Crippen LogP) is 2.17. The summed E-state index contributed by atoms with van der Waals surface area (Å²) in [6.45, 7) is 7.44. The van der Waals surface area contributed by atoms with Crippen LogP contribution in [0.15, 0.2) is 6.07 Å². The van der Waals surface area contributed by atoms with Crippen molar-refractivity contribution in [2.75, 3.05) is 25.0 Å². The molecule has 1 aliphatic rings. The van der Waals surface area contributed by atoms with Gasteiger partial charge >= 0.3 is 5.97 Å². The number of thiophene rings is 1. The molecule has 0 spiro atoms. The third kappa shape index (κ3) is 3.02. The lowest BCUT2D eigenvalue weighted by atomic mass is 9.89. The van der Waals surface area contributed by atoms with Crippen LogP contribution in [-0.4, -0.2) is 31.6 Å². The minimum absolute atomic E-state index is 0.0464. The van der Waals surface area contributed by atoms with E-state index in [1.54, 1.807) is 13.0 Å². The lowest BCUT2D eigenvalue weighted by Gasteiger charge is -2.21. The Morgan fingerprint density at radius 2 is 2.30 bits per heavy atom. The largest absolute Gasteiger partial charge is 0.462 e. The summed E-state index contributed by atoms with van der Waals surface area (Å²) in [6.07, 6.45) is 0.804. The van der Waals surface area contributed by atoms with Crippen molar-refractivity contribution in [3.63, 3.8) is 0 Å². The lowest BCUT2D eigenvalue weighted by molar-refractivity contribution is -0.123. The lowest BCUT2D eigenvalue weighted by Crippen LogP contribution is -2.35. The molecule has 1 saturated heterocycles. The van der Waals surface area contributed by atoms with Gasteiger partial charge in [0.05, 0.1) is 17.6 Å².